The van der Waals surface area contributed by atoms with E-state index in [2.05, 4.69) is 5.32 Å². The highest BCUT2D eigenvalue weighted by molar-refractivity contribution is 6.32. The van der Waals surface area contributed by atoms with Crippen LogP contribution in [0.1, 0.15) is 27.6 Å². The summed E-state index contributed by atoms with van der Waals surface area (Å²) in [5.74, 6) is 0.0802. The summed E-state index contributed by atoms with van der Waals surface area (Å²) in [5, 5.41) is 3.02. The van der Waals surface area contributed by atoms with Gasteiger partial charge >= 0.3 is 0 Å². The first kappa shape index (κ1) is 16.3. The van der Waals surface area contributed by atoms with Crippen LogP contribution >= 0.6 is 11.6 Å². The molecule has 0 bridgehead atoms. The summed E-state index contributed by atoms with van der Waals surface area (Å²) >= 11 is 6.19. The quantitative estimate of drug-likeness (QED) is 0.910. The number of amides is 2. The summed E-state index contributed by atoms with van der Waals surface area (Å²) in [7, 11) is 1.55. The minimum absolute atomic E-state index is 0.177. The molecular weight excluding hydrogens is 328 g/mol. The molecule has 3 rings (SSSR count). The summed E-state index contributed by atoms with van der Waals surface area (Å²) in [6, 6.07) is 12.0. The number of rotatable bonds is 2. The van der Waals surface area contributed by atoms with Crippen LogP contribution in [0.2, 0.25) is 5.02 Å². The Bertz CT molecular complexity index is 807. The molecule has 24 heavy (non-hydrogen) atoms. The Labute approximate surface area is 145 Å². The van der Waals surface area contributed by atoms with E-state index in [9.17, 15) is 9.59 Å². The zero-order chi connectivity index (χ0) is 17.3. The third-order valence-corrected chi connectivity index (χ3v) is 4.14. The molecule has 6 heteroatoms. The van der Waals surface area contributed by atoms with Crippen LogP contribution in [0.5, 0.6) is 5.75 Å². The second-order valence-corrected chi connectivity index (χ2v) is 6.00. The van der Waals surface area contributed by atoms with Gasteiger partial charge in [-0.15, -0.1) is 0 Å². The summed E-state index contributed by atoms with van der Waals surface area (Å²) in [6.07, 6.45) is -0.177. The van der Waals surface area contributed by atoms with Crippen molar-refractivity contribution < 1.29 is 14.3 Å². The number of hydrogen-bond acceptors (Lipinski definition) is 3. The molecule has 1 heterocycles. The fourth-order valence-corrected chi connectivity index (χ4v) is 2.92. The first-order chi connectivity index (χ1) is 11.5. The van der Waals surface area contributed by atoms with Crippen LogP contribution < -0.4 is 15.0 Å². The minimum Gasteiger partial charge on any atom is -0.485 e. The number of carbonyl (C=O) groups is 2. The van der Waals surface area contributed by atoms with Crippen molar-refractivity contribution in [3.63, 3.8) is 0 Å². The average Bonchev–Trinajstić information content (AvgIpc) is 2.60. The highest BCUT2D eigenvalue weighted by Crippen LogP contribution is 2.39. The Morgan fingerprint density at radius 1 is 1.21 bits per heavy atom. The highest BCUT2D eigenvalue weighted by atomic mass is 35.5. The fraction of sp³-hybridized carbons (Fsp3) is 0.222. The third-order valence-electron chi connectivity index (χ3n) is 3.84. The Kier molecular flexibility index (Phi) is 4.44. The summed E-state index contributed by atoms with van der Waals surface area (Å²) in [6.45, 7) is 2.30. The number of carbonyl (C=O) groups excluding carboxylic acids is 2. The molecule has 124 valence electrons. The standard InChI is InChI=1S/C18H17ClN2O3/c1-11-10-21(15-8-4-7-14(19)16(15)24-11)18(23)13-6-3-5-12(9-13)17(22)20-2/h3-9,11H,10H2,1-2H3,(H,20,22)/t11-/m0/s1. The van der Waals surface area contributed by atoms with Crippen molar-refractivity contribution in [3.05, 3.63) is 58.6 Å². The van der Waals surface area contributed by atoms with E-state index in [1.165, 1.54) is 0 Å². The van der Waals surface area contributed by atoms with Crippen molar-refractivity contribution in [2.45, 2.75) is 13.0 Å². The number of hydrogen-bond donors (Lipinski definition) is 1. The second-order valence-electron chi connectivity index (χ2n) is 5.59. The zero-order valence-corrected chi connectivity index (χ0v) is 14.1. The zero-order valence-electron chi connectivity index (χ0n) is 13.4. The van der Waals surface area contributed by atoms with E-state index in [1.54, 1.807) is 54.4 Å². The predicted molar refractivity (Wildman–Crippen MR) is 93.1 cm³/mol. The number of ether oxygens (including phenoxy) is 1. The smallest absolute Gasteiger partial charge is 0.258 e. The maximum atomic E-state index is 13.0. The summed E-state index contributed by atoms with van der Waals surface area (Å²) in [5.41, 5.74) is 1.52. The van der Waals surface area contributed by atoms with E-state index in [4.69, 9.17) is 16.3 Å². The lowest BCUT2D eigenvalue weighted by Crippen LogP contribution is -2.42. The van der Waals surface area contributed by atoms with Crippen LogP contribution in [0.25, 0.3) is 0 Å². The van der Waals surface area contributed by atoms with Crippen molar-refractivity contribution in [1.29, 1.82) is 0 Å². The van der Waals surface area contributed by atoms with Crippen LogP contribution in [0.3, 0.4) is 0 Å². The minimum atomic E-state index is -0.233. The SMILES string of the molecule is CNC(=O)c1cccc(C(=O)N2C[C@H](C)Oc3c(Cl)cccc32)c1. The van der Waals surface area contributed by atoms with Gasteiger partial charge in [0.05, 0.1) is 17.3 Å². The third kappa shape index (κ3) is 2.95. The van der Waals surface area contributed by atoms with Gasteiger partial charge in [-0.3, -0.25) is 9.59 Å². The van der Waals surface area contributed by atoms with Crippen molar-refractivity contribution in [3.8, 4) is 5.75 Å². The molecule has 2 aromatic carbocycles. The van der Waals surface area contributed by atoms with E-state index in [-0.39, 0.29) is 17.9 Å². The van der Waals surface area contributed by atoms with Crippen molar-refractivity contribution in [1.82, 2.24) is 5.32 Å². The number of para-hydroxylation sites is 1. The topological polar surface area (TPSA) is 58.6 Å². The van der Waals surface area contributed by atoms with E-state index >= 15 is 0 Å². The maximum absolute atomic E-state index is 13.0. The monoisotopic (exact) mass is 344 g/mol. The number of fused-ring (bicyclic) bond motifs is 1. The van der Waals surface area contributed by atoms with Gasteiger partial charge < -0.3 is 15.0 Å². The van der Waals surface area contributed by atoms with Gasteiger partial charge in [0, 0.05) is 18.2 Å². The van der Waals surface area contributed by atoms with Gasteiger partial charge in [-0.2, -0.15) is 0 Å². The number of nitrogens with zero attached hydrogens (tertiary/aromatic N) is 1. The van der Waals surface area contributed by atoms with Gasteiger partial charge in [0.25, 0.3) is 11.8 Å². The van der Waals surface area contributed by atoms with E-state index in [1.807, 2.05) is 6.92 Å². The average molecular weight is 345 g/mol. The molecule has 0 aliphatic carbocycles. The summed E-state index contributed by atoms with van der Waals surface area (Å²) < 4.78 is 5.77. The van der Waals surface area contributed by atoms with Crippen LogP contribution in [-0.4, -0.2) is 31.5 Å². The number of benzene rings is 2. The molecule has 5 nitrogen and oxygen atoms in total. The molecule has 0 unspecified atom stereocenters. The lowest BCUT2D eigenvalue weighted by atomic mass is 10.1. The normalized spacial score (nSPS) is 16.1. The molecule has 2 amide bonds. The Balaban J connectivity index is 1.99. The van der Waals surface area contributed by atoms with Gasteiger partial charge in [0.15, 0.2) is 5.75 Å². The molecule has 2 aromatic rings. The first-order valence-corrected chi connectivity index (χ1v) is 7.98. The first-order valence-electron chi connectivity index (χ1n) is 7.60. The lowest BCUT2D eigenvalue weighted by Gasteiger charge is -2.34. The van der Waals surface area contributed by atoms with Gasteiger partial charge in [-0.05, 0) is 37.3 Å². The molecule has 0 radical (unpaired) electrons. The molecular formula is C18H17ClN2O3. The van der Waals surface area contributed by atoms with Crippen LogP contribution in [0.15, 0.2) is 42.5 Å². The Morgan fingerprint density at radius 2 is 1.92 bits per heavy atom. The van der Waals surface area contributed by atoms with E-state index in [0.717, 1.165) is 0 Å². The molecule has 0 fully saturated rings. The molecule has 1 N–H and O–H groups in total. The predicted octanol–water partition coefficient (Wildman–Crippen LogP) is 3.13. The fourth-order valence-electron chi connectivity index (χ4n) is 2.71. The molecule has 0 saturated carbocycles. The van der Waals surface area contributed by atoms with Crippen molar-refractivity contribution in [2.75, 3.05) is 18.5 Å². The summed E-state index contributed by atoms with van der Waals surface area (Å²) in [4.78, 5) is 26.4. The van der Waals surface area contributed by atoms with E-state index in [0.29, 0.717) is 34.1 Å². The van der Waals surface area contributed by atoms with Crippen LogP contribution in [-0.2, 0) is 0 Å². The van der Waals surface area contributed by atoms with Gasteiger partial charge in [-0.1, -0.05) is 23.7 Å². The number of anilines is 1. The van der Waals surface area contributed by atoms with Gasteiger partial charge in [0.1, 0.15) is 6.10 Å². The van der Waals surface area contributed by atoms with Crippen LogP contribution in [0.4, 0.5) is 5.69 Å². The molecule has 0 aromatic heterocycles. The van der Waals surface area contributed by atoms with Gasteiger partial charge in [0.2, 0.25) is 0 Å². The molecule has 1 aliphatic rings. The lowest BCUT2D eigenvalue weighted by molar-refractivity contribution is 0.0961. The number of nitrogens with one attached hydrogen (secondary N) is 1. The molecule has 0 saturated heterocycles. The maximum Gasteiger partial charge on any atom is 0.258 e. The Morgan fingerprint density at radius 3 is 2.67 bits per heavy atom. The van der Waals surface area contributed by atoms with Crippen molar-refractivity contribution >= 4 is 29.1 Å². The highest BCUT2D eigenvalue weighted by Gasteiger charge is 2.29. The van der Waals surface area contributed by atoms with Crippen LogP contribution in [0, 0.1) is 0 Å². The molecule has 1 aliphatic heterocycles. The largest absolute Gasteiger partial charge is 0.485 e. The van der Waals surface area contributed by atoms with Crippen molar-refractivity contribution in [2.24, 2.45) is 0 Å². The van der Waals surface area contributed by atoms with E-state index < -0.39 is 0 Å². The molecule has 0 spiro atoms. The van der Waals surface area contributed by atoms with Gasteiger partial charge in [-0.25, -0.2) is 0 Å². The second kappa shape index (κ2) is 6.53. The Hall–Kier alpha value is -2.53. The number of halogens is 1. The molecule has 1 atom stereocenters.